The average molecular weight is 291 g/mol. The molecule has 0 aliphatic rings. The van der Waals surface area contributed by atoms with Crippen LogP contribution in [0.2, 0.25) is 25.6 Å². The zero-order valence-corrected chi connectivity index (χ0v) is 10.0. The predicted octanol–water partition coefficient (Wildman–Crippen LogP) is 4.00. The first kappa shape index (κ1) is 10.6. The SMILES string of the molecule is Clc1nc2nc(Cl)c(Cl)n2c(Cl)c1Cl. The van der Waals surface area contributed by atoms with Gasteiger partial charge in [0.1, 0.15) is 10.2 Å². The Morgan fingerprint density at radius 3 is 2.00 bits per heavy atom. The minimum atomic E-state index is 0.0579. The van der Waals surface area contributed by atoms with Gasteiger partial charge in [0.25, 0.3) is 0 Å². The highest BCUT2D eigenvalue weighted by molar-refractivity contribution is 6.47. The fourth-order valence-electron chi connectivity index (χ4n) is 0.933. The van der Waals surface area contributed by atoms with Crippen LogP contribution in [0.25, 0.3) is 5.78 Å². The molecule has 74 valence electrons. The van der Waals surface area contributed by atoms with Crippen LogP contribution >= 0.6 is 58.0 Å². The maximum atomic E-state index is 5.87. The van der Waals surface area contributed by atoms with E-state index < -0.39 is 0 Å². The van der Waals surface area contributed by atoms with Crippen molar-refractivity contribution >= 4 is 63.8 Å². The molecule has 0 N–H and O–H groups in total. The van der Waals surface area contributed by atoms with E-state index in [-0.39, 0.29) is 31.4 Å². The number of hydrogen-bond donors (Lipinski definition) is 0. The summed E-state index contributed by atoms with van der Waals surface area (Å²) in [5, 5.41) is 0.544. The van der Waals surface area contributed by atoms with Gasteiger partial charge in [-0.15, -0.1) is 0 Å². The standard InChI is InChI=1S/C6Cl5N3/c7-1-2(8)12-6-13-3(9)5(11)14(6)4(1)10. The van der Waals surface area contributed by atoms with Crippen molar-refractivity contribution in [3.05, 3.63) is 25.6 Å². The third-order valence-corrected chi connectivity index (χ3v) is 3.41. The summed E-state index contributed by atoms with van der Waals surface area (Å²) in [5.74, 6) is 0.208. The molecule has 0 unspecified atom stereocenters. The fourth-order valence-corrected chi connectivity index (χ4v) is 1.93. The Kier molecular flexibility index (Phi) is 2.70. The summed E-state index contributed by atoms with van der Waals surface area (Å²) in [6, 6.07) is 0. The normalized spacial score (nSPS) is 11.2. The van der Waals surface area contributed by atoms with E-state index in [2.05, 4.69) is 9.97 Å². The third kappa shape index (κ3) is 1.44. The van der Waals surface area contributed by atoms with Crippen LogP contribution in [0.3, 0.4) is 0 Å². The molecule has 2 aromatic heterocycles. The van der Waals surface area contributed by atoms with E-state index >= 15 is 0 Å². The van der Waals surface area contributed by atoms with E-state index in [1.807, 2.05) is 0 Å². The lowest BCUT2D eigenvalue weighted by Crippen LogP contribution is -1.92. The Bertz CT molecular complexity index is 520. The summed E-state index contributed by atoms with van der Waals surface area (Å²) in [6.07, 6.45) is 0. The van der Waals surface area contributed by atoms with Gasteiger partial charge in [0.05, 0.1) is 0 Å². The molecule has 2 rings (SSSR count). The quantitative estimate of drug-likeness (QED) is 0.687. The van der Waals surface area contributed by atoms with Gasteiger partial charge in [-0.05, 0) is 0 Å². The lowest BCUT2D eigenvalue weighted by Gasteiger charge is -2.01. The summed E-state index contributed by atoms with van der Waals surface area (Å²) >= 11 is 28.8. The van der Waals surface area contributed by atoms with Gasteiger partial charge in [0, 0.05) is 0 Å². The smallest absolute Gasteiger partial charge is 0.239 e. The Hall–Kier alpha value is 0.0700. The molecular formula is C6Cl5N3. The molecule has 0 aromatic carbocycles. The van der Waals surface area contributed by atoms with Crippen LogP contribution in [0.1, 0.15) is 0 Å². The number of hydrogen-bond acceptors (Lipinski definition) is 2. The molecule has 0 atom stereocenters. The Morgan fingerprint density at radius 2 is 1.36 bits per heavy atom. The van der Waals surface area contributed by atoms with E-state index in [1.165, 1.54) is 4.40 Å². The van der Waals surface area contributed by atoms with Crippen LogP contribution in [0, 0.1) is 0 Å². The van der Waals surface area contributed by atoms with Crippen molar-refractivity contribution in [1.29, 1.82) is 0 Å². The van der Waals surface area contributed by atoms with Gasteiger partial charge in [-0.3, -0.25) is 4.40 Å². The number of imidazole rings is 1. The van der Waals surface area contributed by atoms with Gasteiger partial charge in [-0.1, -0.05) is 58.0 Å². The van der Waals surface area contributed by atoms with E-state index in [4.69, 9.17) is 58.0 Å². The number of fused-ring (bicyclic) bond motifs is 1. The van der Waals surface area contributed by atoms with Gasteiger partial charge in [0.2, 0.25) is 5.78 Å². The summed E-state index contributed by atoms with van der Waals surface area (Å²) in [7, 11) is 0. The molecule has 0 bridgehead atoms. The first-order valence-corrected chi connectivity index (χ1v) is 5.15. The van der Waals surface area contributed by atoms with E-state index in [1.54, 1.807) is 0 Å². The molecule has 3 nitrogen and oxygen atoms in total. The Morgan fingerprint density at radius 1 is 0.786 bits per heavy atom. The minimum absolute atomic E-state index is 0.0579. The minimum Gasteiger partial charge on any atom is -0.254 e. The molecule has 0 fully saturated rings. The number of nitrogens with zero attached hydrogens (tertiary/aromatic N) is 3. The highest BCUT2D eigenvalue weighted by Crippen LogP contribution is 2.33. The molecule has 0 spiro atoms. The van der Waals surface area contributed by atoms with Crippen LogP contribution < -0.4 is 0 Å². The molecule has 0 radical (unpaired) electrons. The summed E-state index contributed by atoms with van der Waals surface area (Å²) in [6.45, 7) is 0. The maximum absolute atomic E-state index is 5.87. The highest BCUT2D eigenvalue weighted by atomic mass is 35.5. The molecule has 14 heavy (non-hydrogen) atoms. The van der Waals surface area contributed by atoms with Crippen LogP contribution in [0.15, 0.2) is 0 Å². The third-order valence-electron chi connectivity index (χ3n) is 1.52. The molecule has 2 aromatic rings. The van der Waals surface area contributed by atoms with Crippen molar-refractivity contribution in [2.24, 2.45) is 0 Å². The molecule has 0 aliphatic heterocycles. The predicted molar refractivity (Wildman–Crippen MR) is 58.0 cm³/mol. The van der Waals surface area contributed by atoms with Crippen molar-refractivity contribution in [2.75, 3.05) is 0 Å². The second-order valence-corrected chi connectivity index (χ2v) is 4.15. The molecule has 0 saturated heterocycles. The van der Waals surface area contributed by atoms with Crippen molar-refractivity contribution in [2.45, 2.75) is 0 Å². The van der Waals surface area contributed by atoms with Crippen LogP contribution in [0.4, 0.5) is 0 Å². The molecule has 0 saturated carbocycles. The van der Waals surface area contributed by atoms with Crippen LogP contribution in [0.5, 0.6) is 0 Å². The van der Waals surface area contributed by atoms with Crippen molar-refractivity contribution in [3.8, 4) is 0 Å². The fraction of sp³-hybridized carbons (Fsp3) is 0. The topological polar surface area (TPSA) is 30.2 Å². The molecular weight excluding hydrogens is 291 g/mol. The maximum Gasteiger partial charge on any atom is 0.239 e. The van der Waals surface area contributed by atoms with E-state index in [9.17, 15) is 0 Å². The van der Waals surface area contributed by atoms with Crippen molar-refractivity contribution in [3.63, 3.8) is 0 Å². The van der Waals surface area contributed by atoms with Gasteiger partial charge in [-0.25, -0.2) is 0 Å². The number of halogens is 5. The zero-order chi connectivity index (χ0) is 10.5. The lowest BCUT2D eigenvalue weighted by molar-refractivity contribution is 1.11. The first-order valence-electron chi connectivity index (χ1n) is 3.26. The van der Waals surface area contributed by atoms with Crippen molar-refractivity contribution < 1.29 is 0 Å². The average Bonchev–Trinajstić information content (AvgIpc) is 2.39. The molecule has 2 heterocycles. The van der Waals surface area contributed by atoms with Gasteiger partial charge in [-0.2, -0.15) is 9.97 Å². The molecule has 8 heteroatoms. The van der Waals surface area contributed by atoms with Gasteiger partial charge >= 0.3 is 0 Å². The van der Waals surface area contributed by atoms with E-state index in [0.717, 1.165) is 0 Å². The molecule has 0 aliphatic carbocycles. The summed E-state index contributed by atoms with van der Waals surface area (Å²) in [5.41, 5.74) is 0. The van der Waals surface area contributed by atoms with Crippen LogP contribution in [-0.4, -0.2) is 14.4 Å². The second-order valence-electron chi connectivity index (χ2n) is 2.34. The summed E-state index contributed by atoms with van der Waals surface area (Å²) in [4.78, 5) is 7.68. The Balaban J connectivity index is 2.99. The number of aromatic nitrogens is 3. The van der Waals surface area contributed by atoms with Crippen LogP contribution in [-0.2, 0) is 0 Å². The highest BCUT2D eigenvalue weighted by Gasteiger charge is 2.16. The largest absolute Gasteiger partial charge is 0.254 e. The second kappa shape index (κ2) is 3.58. The first-order chi connectivity index (χ1) is 6.52. The van der Waals surface area contributed by atoms with Gasteiger partial charge in [0.15, 0.2) is 15.5 Å². The lowest BCUT2D eigenvalue weighted by atomic mass is 10.6. The Labute approximate surface area is 104 Å². The van der Waals surface area contributed by atoms with Gasteiger partial charge < -0.3 is 0 Å². The molecule has 0 amide bonds. The monoisotopic (exact) mass is 289 g/mol. The summed E-state index contributed by atoms with van der Waals surface area (Å²) < 4.78 is 1.31. The number of rotatable bonds is 0. The zero-order valence-electron chi connectivity index (χ0n) is 6.23. The van der Waals surface area contributed by atoms with E-state index in [0.29, 0.717) is 0 Å². The van der Waals surface area contributed by atoms with Crippen molar-refractivity contribution in [1.82, 2.24) is 14.4 Å².